The van der Waals surface area contributed by atoms with Gasteiger partial charge in [-0.3, -0.25) is 14.4 Å². The molecule has 0 radical (unpaired) electrons. The van der Waals surface area contributed by atoms with Crippen LogP contribution in [0.1, 0.15) is 284 Å². The van der Waals surface area contributed by atoms with Gasteiger partial charge in [-0.15, -0.1) is 0 Å². The summed E-state index contributed by atoms with van der Waals surface area (Å²) < 4.78 is 16.9. The highest BCUT2D eigenvalue weighted by atomic mass is 16.6. The number of carbonyl (C=O) groups is 3. The summed E-state index contributed by atoms with van der Waals surface area (Å²) in [4.78, 5) is 38.4. The molecule has 0 aliphatic carbocycles. The number of hydrogen-bond donors (Lipinski definition) is 0. The van der Waals surface area contributed by atoms with Crippen LogP contribution in [0.4, 0.5) is 0 Å². The molecule has 0 amide bonds. The Morgan fingerprint density at radius 1 is 0.256 bits per heavy atom. The van der Waals surface area contributed by atoms with E-state index in [9.17, 15) is 14.4 Å². The molecule has 0 aliphatic rings. The highest BCUT2D eigenvalue weighted by Crippen LogP contribution is 2.15. The highest BCUT2D eigenvalue weighted by Gasteiger charge is 2.19. The van der Waals surface area contributed by atoms with E-state index < -0.39 is 6.10 Å². The van der Waals surface area contributed by atoms with Gasteiger partial charge in [0.2, 0.25) is 0 Å². The van der Waals surface area contributed by atoms with Gasteiger partial charge in [0.15, 0.2) is 6.10 Å². The maximum Gasteiger partial charge on any atom is 0.306 e. The van der Waals surface area contributed by atoms with Crippen molar-refractivity contribution in [2.75, 3.05) is 13.2 Å². The Bertz CT molecular complexity index is 1830. The van der Waals surface area contributed by atoms with Crippen molar-refractivity contribution in [3.63, 3.8) is 0 Å². The van der Waals surface area contributed by atoms with E-state index in [-0.39, 0.29) is 31.1 Å². The summed E-state index contributed by atoms with van der Waals surface area (Å²) in [7, 11) is 0. The van der Waals surface area contributed by atoms with Gasteiger partial charge in [0, 0.05) is 19.3 Å². The first kappa shape index (κ1) is 77.0. The molecule has 0 aliphatic heterocycles. The minimum absolute atomic E-state index is 0.100. The Morgan fingerprint density at radius 3 is 0.744 bits per heavy atom. The second kappa shape index (κ2) is 68.5. The van der Waals surface area contributed by atoms with Crippen LogP contribution in [0.2, 0.25) is 0 Å². The highest BCUT2D eigenvalue weighted by molar-refractivity contribution is 5.71. The molecule has 1 atom stereocenters. The van der Waals surface area contributed by atoms with Crippen molar-refractivity contribution in [3.8, 4) is 0 Å². The molecule has 0 N–H and O–H groups in total. The van der Waals surface area contributed by atoms with Crippen molar-refractivity contribution in [3.05, 3.63) is 158 Å². The predicted molar refractivity (Wildman–Crippen MR) is 357 cm³/mol. The maximum atomic E-state index is 12.9. The molecular weight excluding hydrogens is 1010 g/mol. The van der Waals surface area contributed by atoms with E-state index in [1.165, 1.54) is 70.6 Å². The topological polar surface area (TPSA) is 78.9 Å². The van der Waals surface area contributed by atoms with E-state index >= 15 is 0 Å². The number of esters is 3. The minimum Gasteiger partial charge on any atom is -0.462 e. The Balaban J connectivity index is 4.48. The van der Waals surface area contributed by atoms with Gasteiger partial charge < -0.3 is 14.2 Å². The molecule has 0 heterocycles. The smallest absolute Gasteiger partial charge is 0.306 e. The fourth-order valence-corrected chi connectivity index (χ4v) is 8.80. The summed E-state index contributed by atoms with van der Waals surface area (Å²) in [5.41, 5.74) is 0. The molecule has 0 bridgehead atoms. The van der Waals surface area contributed by atoms with E-state index in [2.05, 4.69) is 179 Å². The predicted octanol–water partition coefficient (Wildman–Crippen LogP) is 23.3. The zero-order valence-electron chi connectivity index (χ0n) is 52.9. The first-order valence-electron chi connectivity index (χ1n) is 33.5. The van der Waals surface area contributed by atoms with Crippen molar-refractivity contribution in [2.45, 2.75) is 290 Å². The third-order valence-corrected chi connectivity index (χ3v) is 13.7. The summed E-state index contributed by atoms with van der Waals surface area (Å²) >= 11 is 0. The quantitative estimate of drug-likeness (QED) is 0.0261. The van der Waals surface area contributed by atoms with Gasteiger partial charge in [-0.25, -0.2) is 0 Å². The number of rotatable bonds is 59. The van der Waals surface area contributed by atoms with Crippen LogP contribution >= 0.6 is 0 Å². The second-order valence-corrected chi connectivity index (χ2v) is 21.6. The van der Waals surface area contributed by atoms with Crippen LogP contribution in [0.15, 0.2) is 158 Å². The molecular formula is C76H122O6. The van der Waals surface area contributed by atoms with Crippen LogP contribution in [0.3, 0.4) is 0 Å². The van der Waals surface area contributed by atoms with Crippen molar-refractivity contribution in [1.29, 1.82) is 0 Å². The molecule has 0 aromatic rings. The number of hydrogen-bond acceptors (Lipinski definition) is 6. The average molecular weight is 1130 g/mol. The molecule has 0 rings (SSSR count). The Labute approximate surface area is 505 Å². The summed E-state index contributed by atoms with van der Waals surface area (Å²) in [5.74, 6) is -0.941. The molecule has 6 nitrogen and oxygen atoms in total. The van der Waals surface area contributed by atoms with E-state index in [0.717, 1.165) is 173 Å². The summed E-state index contributed by atoms with van der Waals surface area (Å²) in [5, 5.41) is 0. The first-order valence-corrected chi connectivity index (χ1v) is 33.5. The molecule has 0 saturated heterocycles. The van der Waals surface area contributed by atoms with Gasteiger partial charge in [0.1, 0.15) is 13.2 Å². The Kier molecular flexibility index (Phi) is 64.4. The van der Waals surface area contributed by atoms with Crippen molar-refractivity contribution in [2.24, 2.45) is 0 Å². The van der Waals surface area contributed by atoms with E-state index in [0.29, 0.717) is 19.3 Å². The Morgan fingerprint density at radius 2 is 0.476 bits per heavy atom. The monoisotopic (exact) mass is 1130 g/mol. The molecule has 6 heteroatoms. The number of ether oxygens (including phenoxy) is 3. The molecule has 82 heavy (non-hydrogen) atoms. The number of carbonyl (C=O) groups excluding carboxylic acids is 3. The van der Waals surface area contributed by atoms with Crippen LogP contribution in [0, 0.1) is 0 Å². The largest absolute Gasteiger partial charge is 0.462 e. The van der Waals surface area contributed by atoms with Gasteiger partial charge in [-0.05, 0) is 148 Å². The van der Waals surface area contributed by atoms with E-state index in [1.807, 2.05) is 0 Å². The van der Waals surface area contributed by atoms with Gasteiger partial charge in [-0.2, -0.15) is 0 Å². The molecule has 0 spiro atoms. The molecule has 1 unspecified atom stereocenters. The molecule has 0 saturated carbocycles. The zero-order valence-corrected chi connectivity index (χ0v) is 52.9. The zero-order chi connectivity index (χ0) is 59.2. The van der Waals surface area contributed by atoms with E-state index in [4.69, 9.17) is 14.2 Å². The number of allylic oxidation sites excluding steroid dienone is 26. The average Bonchev–Trinajstić information content (AvgIpc) is 3.47. The van der Waals surface area contributed by atoms with Gasteiger partial charge in [-0.1, -0.05) is 275 Å². The van der Waals surface area contributed by atoms with Gasteiger partial charge in [0.25, 0.3) is 0 Å². The fraction of sp³-hybridized carbons (Fsp3) is 0.618. The summed E-state index contributed by atoms with van der Waals surface area (Å²) in [6.07, 6.45) is 99.5. The van der Waals surface area contributed by atoms with Crippen molar-refractivity contribution < 1.29 is 28.6 Å². The van der Waals surface area contributed by atoms with Crippen LogP contribution in [0.5, 0.6) is 0 Å². The van der Waals surface area contributed by atoms with Gasteiger partial charge in [0.05, 0.1) is 0 Å². The lowest BCUT2D eigenvalue weighted by Crippen LogP contribution is -2.30. The second-order valence-electron chi connectivity index (χ2n) is 21.6. The van der Waals surface area contributed by atoms with Gasteiger partial charge >= 0.3 is 17.9 Å². The molecule has 0 fully saturated rings. The third-order valence-electron chi connectivity index (χ3n) is 13.7. The van der Waals surface area contributed by atoms with E-state index in [1.54, 1.807) is 0 Å². The molecule has 462 valence electrons. The van der Waals surface area contributed by atoms with Crippen LogP contribution in [0.25, 0.3) is 0 Å². The Hall–Kier alpha value is -4.97. The van der Waals surface area contributed by atoms with Crippen molar-refractivity contribution >= 4 is 17.9 Å². The SMILES string of the molecule is CC/C=C\C/C=C\C/C=C\C/C=C\C/C=C\C/C=C\C/C=C\CCCCCCCC(=O)OCC(COC(=O)CCCCCCCCC/C=C\C/C=C\CCCCCC)OC(=O)CCCCCCCC/C=C\C/C=C\C/C=C\C/C=C\CC. The third kappa shape index (κ3) is 65.8. The lowest BCUT2D eigenvalue weighted by atomic mass is 10.1. The molecule has 0 aromatic carbocycles. The normalized spacial score (nSPS) is 13.2. The minimum atomic E-state index is -0.808. The standard InChI is InChI=1S/C76H122O6/c1-4-7-10-13-16-19-22-25-28-31-34-35-36-37-38-39-40-41-43-45-48-51-54-57-60-63-66-69-75(78)81-72-73(71-80-74(77)68-65-62-59-56-53-50-47-44-33-30-27-24-21-18-15-12-9-6-3)82-76(79)70-67-64-61-58-55-52-49-46-42-32-29-26-23-20-17-14-11-8-5-2/h7-8,10-11,16-17,19-21,24-26,28-30,33-35,37-38,40-42,45-46,48,73H,4-6,9,12-15,18,22-23,27,31-32,36,39,43-44,47,49-72H2,1-3H3/b10-7-,11-8-,19-16-,20-17-,24-21-,28-25-,29-26-,33-30-,35-34-,38-37-,41-40-,46-42-,48-45-. The lowest BCUT2D eigenvalue weighted by molar-refractivity contribution is -0.167. The molecule has 0 aromatic heterocycles. The fourth-order valence-electron chi connectivity index (χ4n) is 8.80. The van der Waals surface area contributed by atoms with Crippen LogP contribution in [-0.2, 0) is 28.6 Å². The maximum absolute atomic E-state index is 12.9. The number of unbranched alkanes of at least 4 members (excludes halogenated alkanes) is 22. The first-order chi connectivity index (χ1) is 40.5. The lowest BCUT2D eigenvalue weighted by Gasteiger charge is -2.18. The van der Waals surface area contributed by atoms with Crippen molar-refractivity contribution in [1.82, 2.24) is 0 Å². The summed E-state index contributed by atoms with van der Waals surface area (Å²) in [6.45, 7) is 6.37. The van der Waals surface area contributed by atoms with Crippen LogP contribution in [-0.4, -0.2) is 37.2 Å². The van der Waals surface area contributed by atoms with Crippen LogP contribution < -0.4 is 0 Å². The summed E-state index contributed by atoms with van der Waals surface area (Å²) in [6, 6.07) is 0.